The lowest BCUT2D eigenvalue weighted by Gasteiger charge is -2.22. The molecule has 1 aliphatic rings. The normalized spacial score (nSPS) is 16.5. The zero-order chi connectivity index (χ0) is 12.1. The van der Waals surface area contributed by atoms with E-state index in [0.29, 0.717) is 23.8 Å². The third kappa shape index (κ3) is 3.45. The zero-order valence-electron chi connectivity index (χ0n) is 9.58. The first-order chi connectivity index (χ1) is 8.29. The van der Waals surface area contributed by atoms with Crippen LogP contribution in [-0.2, 0) is 0 Å². The molecular weight excluding hydrogens is 280 g/mol. The third-order valence-corrected chi connectivity index (χ3v) is 3.49. The zero-order valence-corrected chi connectivity index (χ0v) is 11.2. The van der Waals surface area contributed by atoms with Crippen LogP contribution in [0.5, 0.6) is 5.75 Å². The molecule has 1 N–H and O–H groups in total. The van der Waals surface area contributed by atoms with Crippen molar-refractivity contribution in [1.82, 2.24) is 5.32 Å². The summed E-state index contributed by atoms with van der Waals surface area (Å²) in [5.74, 6) is 1.28. The minimum Gasteiger partial charge on any atom is -0.492 e. The van der Waals surface area contributed by atoms with E-state index in [0.717, 1.165) is 30.4 Å². The Balaban J connectivity index is 1.98. The van der Waals surface area contributed by atoms with Gasteiger partial charge in [0, 0.05) is 4.47 Å². The Labute approximate surface area is 110 Å². The van der Waals surface area contributed by atoms with Crippen LogP contribution < -0.4 is 10.1 Å². The van der Waals surface area contributed by atoms with Crippen molar-refractivity contribution in [2.24, 2.45) is 5.92 Å². The van der Waals surface area contributed by atoms with E-state index in [1.165, 1.54) is 0 Å². The van der Waals surface area contributed by atoms with Gasteiger partial charge in [-0.15, -0.1) is 0 Å². The van der Waals surface area contributed by atoms with Crippen molar-refractivity contribution in [3.05, 3.63) is 28.2 Å². The van der Waals surface area contributed by atoms with Gasteiger partial charge < -0.3 is 10.1 Å². The Bertz CT molecular complexity index is 422. The van der Waals surface area contributed by atoms with Crippen molar-refractivity contribution in [2.75, 3.05) is 19.7 Å². The minimum absolute atomic E-state index is 0.599. The van der Waals surface area contributed by atoms with E-state index >= 15 is 0 Å². The fourth-order valence-corrected chi connectivity index (χ4v) is 2.30. The first kappa shape index (κ1) is 12.4. The molecule has 1 aliphatic heterocycles. The van der Waals surface area contributed by atoms with Crippen molar-refractivity contribution in [3.8, 4) is 11.8 Å². The molecule has 0 atom stereocenters. The first-order valence-corrected chi connectivity index (χ1v) is 6.62. The predicted octanol–water partition coefficient (Wildman–Crippen LogP) is 2.70. The lowest BCUT2D eigenvalue weighted by molar-refractivity contribution is 0.214. The summed E-state index contributed by atoms with van der Waals surface area (Å²) in [6.45, 7) is 2.84. The average Bonchev–Trinajstić information content (AvgIpc) is 2.38. The fraction of sp³-hybridized carbons (Fsp3) is 0.462. The van der Waals surface area contributed by atoms with Crippen LogP contribution >= 0.6 is 15.9 Å². The summed E-state index contributed by atoms with van der Waals surface area (Å²) in [6, 6.07) is 7.65. The summed E-state index contributed by atoms with van der Waals surface area (Å²) in [5, 5.41) is 12.3. The van der Waals surface area contributed by atoms with Crippen LogP contribution in [0.3, 0.4) is 0 Å². The van der Waals surface area contributed by atoms with E-state index in [2.05, 4.69) is 27.3 Å². The number of piperidine rings is 1. The number of benzene rings is 1. The van der Waals surface area contributed by atoms with Gasteiger partial charge in [-0.3, -0.25) is 0 Å². The van der Waals surface area contributed by atoms with Crippen LogP contribution in [0.4, 0.5) is 0 Å². The van der Waals surface area contributed by atoms with Gasteiger partial charge in [-0.1, -0.05) is 15.9 Å². The van der Waals surface area contributed by atoms with Gasteiger partial charge >= 0.3 is 0 Å². The van der Waals surface area contributed by atoms with Crippen molar-refractivity contribution in [1.29, 1.82) is 5.26 Å². The molecule has 4 heteroatoms. The number of hydrogen-bond acceptors (Lipinski definition) is 3. The predicted molar refractivity (Wildman–Crippen MR) is 69.9 cm³/mol. The molecule has 0 radical (unpaired) electrons. The van der Waals surface area contributed by atoms with Crippen molar-refractivity contribution >= 4 is 15.9 Å². The molecule has 0 saturated carbocycles. The van der Waals surface area contributed by atoms with Crippen LogP contribution in [0, 0.1) is 17.2 Å². The number of nitrogens with one attached hydrogen (secondary N) is 1. The van der Waals surface area contributed by atoms with Crippen LogP contribution in [0.2, 0.25) is 0 Å². The lowest BCUT2D eigenvalue weighted by atomic mass is 9.99. The van der Waals surface area contributed by atoms with Gasteiger partial charge in [0.15, 0.2) is 0 Å². The summed E-state index contributed by atoms with van der Waals surface area (Å²) in [5.41, 5.74) is 0.599. The van der Waals surface area contributed by atoms with E-state index < -0.39 is 0 Å². The Hall–Kier alpha value is -1.05. The summed E-state index contributed by atoms with van der Waals surface area (Å²) in [4.78, 5) is 0. The molecule has 1 aromatic rings. The van der Waals surface area contributed by atoms with E-state index in [1.54, 1.807) is 6.07 Å². The molecule has 1 fully saturated rings. The molecule has 2 rings (SSSR count). The molecule has 0 aromatic heterocycles. The smallest absolute Gasteiger partial charge is 0.138 e. The molecule has 0 bridgehead atoms. The standard InChI is InChI=1S/C13H15BrN2O/c14-12-2-1-11(8-15)13(7-12)17-9-10-3-5-16-6-4-10/h1-2,7,10,16H,3-6,9H2. The van der Waals surface area contributed by atoms with E-state index in [-0.39, 0.29) is 0 Å². The molecule has 90 valence electrons. The molecule has 0 aliphatic carbocycles. The number of ether oxygens (including phenoxy) is 1. The van der Waals surface area contributed by atoms with E-state index in [4.69, 9.17) is 10.00 Å². The molecule has 0 spiro atoms. The van der Waals surface area contributed by atoms with Crippen molar-refractivity contribution in [2.45, 2.75) is 12.8 Å². The summed E-state index contributed by atoms with van der Waals surface area (Å²) >= 11 is 3.39. The Morgan fingerprint density at radius 3 is 2.88 bits per heavy atom. The van der Waals surface area contributed by atoms with Gasteiger partial charge in [0.05, 0.1) is 12.2 Å². The van der Waals surface area contributed by atoms with Gasteiger partial charge in [0.25, 0.3) is 0 Å². The maximum atomic E-state index is 8.99. The van der Waals surface area contributed by atoms with Gasteiger partial charge in [-0.05, 0) is 50.0 Å². The Kier molecular flexibility index (Phi) is 4.41. The van der Waals surface area contributed by atoms with Gasteiger partial charge in [-0.2, -0.15) is 5.26 Å². The monoisotopic (exact) mass is 294 g/mol. The van der Waals surface area contributed by atoms with Crippen molar-refractivity contribution < 1.29 is 4.74 Å². The summed E-state index contributed by atoms with van der Waals surface area (Å²) in [6.07, 6.45) is 2.30. The molecule has 17 heavy (non-hydrogen) atoms. The van der Waals surface area contributed by atoms with Gasteiger partial charge in [0.1, 0.15) is 11.8 Å². The number of nitrogens with zero attached hydrogens (tertiary/aromatic N) is 1. The first-order valence-electron chi connectivity index (χ1n) is 5.83. The highest BCUT2D eigenvalue weighted by Gasteiger charge is 2.14. The van der Waals surface area contributed by atoms with Crippen molar-refractivity contribution in [3.63, 3.8) is 0 Å². The summed E-state index contributed by atoms with van der Waals surface area (Å²) in [7, 11) is 0. The summed E-state index contributed by atoms with van der Waals surface area (Å²) < 4.78 is 6.71. The molecule has 1 heterocycles. The quantitative estimate of drug-likeness (QED) is 0.932. The highest BCUT2D eigenvalue weighted by Crippen LogP contribution is 2.24. The lowest BCUT2D eigenvalue weighted by Crippen LogP contribution is -2.30. The number of nitriles is 1. The maximum absolute atomic E-state index is 8.99. The van der Waals surface area contributed by atoms with Gasteiger partial charge in [0.2, 0.25) is 0 Å². The van der Waals surface area contributed by atoms with Gasteiger partial charge in [-0.25, -0.2) is 0 Å². The number of rotatable bonds is 3. The molecule has 0 amide bonds. The fourth-order valence-electron chi connectivity index (χ4n) is 1.96. The Morgan fingerprint density at radius 2 is 2.18 bits per heavy atom. The SMILES string of the molecule is N#Cc1ccc(Br)cc1OCC1CCNCC1. The molecule has 0 unspecified atom stereocenters. The average molecular weight is 295 g/mol. The van der Waals surface area contributed by atoms with E-state index in [9.17, 15) is 0 Å². The topological polar surface area (TPSA) is 45.0 Å². The second kappa shape index (κ2) is 6.04. The minimum atomic E-state index is 0.599. The van der Waals surface area contributed by atoms with Crippen LogP contribution in [0.25, 0.3) is 0 Å². The second-order valence-corrected chi connectivity index (χ2v) is 5.17. The highest BCUT2D eigenvalue weighted by atomic mass is 79.9. The molecule has 1 aromatic carbocycles. The second-order valence-electron chi connectivity index (χ2n) is 4.26. The molecular formula is C13H15BrN2O. The largest absolute Gasteiger partial charge is 0.492 e. The maximum Gasteiger partial charge on any atom is 0.138 e. The van der Waals surface area contributed by atoms with Crippen LogP contribution in [-0.4, -0.2) is 19.7 Å². The molecule has 3 nitrogen and oxygen atoms in total. The number of hydrogen-bond donors (Lipinski definition) is 1. The third-order valence-electron chi connectivity index (χ3n) is 3.00. The van der Waals surface area contributed by atoms with E-state index in [1.807, 2.05) is 12.1 Å². The highest BCUT2D eigenvalue weighted by molar-refractivity contribution is 9.10. The van der Waals surface area contributed by atoms with Crippen LogP contribution in [0.15, 0.2) is 22.7 Å². The number of halogens is 1. The van der Waals surface area contributed by atoms with Crippen LogP contribution in [0.1, 0.15) is 18.4 Å². The Morgan fingerprint density at radius 1 is 1.41 bits per heavy atom. The molecule has 1 saturated heterocycles.